The van der Waals surface area contributed by atoms with E-state index < -0.39 is 0 Å². The SMILES string of the molecule is [N]C1=CNN(c2ccc(Cl)c(Cl)c2)C=C1. The van der Waals surface area contributed by atoms with E-state index in [0.717, 1.165) is 5.69 Å². The van der Waals surface area contributed by atoms with Gasteiger partial charge in [0.25, 0.3) is 0 Å². The Morgan fingerprint density at radius 2 is 2.00 bits per heavy atom. The molecular weight excluding hydrogens is 233 g/mol. The Morgan fingerprint density at radius 3 is 2.60 bits per heavy atom. The molecule has 15 heavy (non-hydrogen) atoms. The Morgan fingerprint density at radius 1 is 1.20 bits per heavy atom. The van der Waals surface area contributed by atoms with Crippen molar-refractivity contribution in [3.8, 4) is 0 Å². The van der Waals surface area contributed by atoms with Crippen molar-refractivity contribution in [1.29, 1.82) is 0 Å². The Labute approximate surface area is 97.7 Å². The lowest BCUT2D eigenvalue weighted by molar-refractivity contribution is 0.852. The molecular formula is C10H7Cl2N3. The van der Waals surface area contributed by atoms with Crippen LogP contribution in [0.5, 0.6) is 0 Å². The molecule has 0 fully saturated rings. The molecule has 0 saturated heterocycles. The summed E-state index contributed by atoms with van der Waals surface area (Å²) in [5.41, 5.74) is 13.0. The Bertz CT molecular complexity index is 440. The molecule has 0 atom stereocenters. The molecule has 1 aliphatic heterocycles. The second-order valence-electron chi connectivity index (χ2n) is 2.98. The van der Waals surface area contributed by atoms with Crippen LogP contribution in [-0.2, 0) is 0 Å². The van der Waals surface area contributed by atoms with Crippen molar-refractivity contribution >= 4 is 28.9 Å². The van der Waals surface area contributed by atoms with Gasteiger partial charge < -0.3 is 0 Å². The average Bonchev–Trinajstić information content (AvgIpc) is 2.23. The summed E-state index contributed by atoms with van der Waals surface area (Å²) >= 11 is 11.7. The third kappa shape index (κ3) is 2.19. The first kappa shape index (κ1) is 10.2. The number of halogens is 2. The van der Waals surface area contributed by atoms with Crippen molar-refractivity contribution in [3.63, 3.8) is 0 Å². The van der Waals surface area contributed by atoms with Gasteiger partial charge in [-0.25, -0.2) is 0 Å². The first-order valence-corrected chi connectivity index (χ1v) is 5.00. The van der Waals surface area contributed by atoms with Gasteiger partial charge in [0, 0.05) is 12.4 Å². The summed E-state index contributed by atoms with van der Waals surface area (Å²) in [7, 11) is 0. The van der Waals surface area contributed by atoms with Crippen LogP contribution in [0.4, 0.5) is 5.69 Å². The highest BCUT2D eigenvalue weighted by Gasteiger charge is 2.07. The standard InChI is InChI=1S/C10H7Cl2N3/c11-9-2-1-8(5-10(9)12)15-4-3-7(13)6-14-15/h1-6,14H. The van der Waals surface area contributed by atoms with Crippen molar-refractivity contribution in [2.24, 2.45) is 0 Å². The van der Waals surface area contributed by atoms with E-state index in [1.807, 2.05) is 6.07 Å². The van der Waals surface area contributed by atoms with E-state index in [4.69, 9.17) is 28.9 Å². The second kappa shape index (κ2) is 4.04. The summed E-state index contributed by atoms with van der Waals surface area (Å²) in [6.07, 6.45) is 4.73. The van der Waals surface area contributed by atoms with Crippen molar-refractivity contribution in [2.45, 2.75) is 0 Å². The number of hydrogen-bond donors (Lipinski definition) is 1. The Kier molecular flexibility index (Phi) is 2.75. The van der Waals surface area contributed by atoms with Gasteiger partial charge in [-0.15, -0.1) is 5.73 Å². The third-order valence-corrected chi connectivity index (χ3v) is 2.67. The molecule has 2 rings (SSSR count). The summed E-state index contributed by atoms with van der Waals surface area (Å²) in [4.78, 5) is 0. The van der Waals surface area contributed by atoms with Gasteiger partial charge in [-0.1, -0.05) is 23.2 Å². The quantitative estimate of drug-likeness (QED) is 0.819. The lowest BCUT2D eigenvalue weighted by atomic mass is 10.3. The predicted octanol–water partition coefficient (Wildman–Crippen LogP) is 2.74. The summed E-state index contributed by atoms with van der Waals surface area (Å²) in [5.74, 6) is 0. The summed E-state index contributed by atoms with van der Waals surface area (Å²) in [6, 6.07) is 5.27. The topological polar surface area (TPSA) is 37.6 Å². The number of allylic oxidation sites excluding steroid dienone is 1. The van der Waals surface area contributed by atoms with Gasteiger partial charge in [-0.05, 0) is 24.3 Å². The molecule has 1 aliphatic rings. The number of nitrogens with zero attached hydrogens (tertiary/aromatic N) is 2. The van der Waals surface area contributed by atoms with Gasteiger partial charge in [0.1, 0.15) is 5.70 Å². The fourth-order valence-corrected chi connectivity index (χ4v) is 1.47. The molecule has 0 unspecified atom stereocenters. The van der Waals surface area contributed by atoms with Crippen LogP contribution in [0.3, 0.4) is 0 Å². The van der Waals surface area contributed by atoms with Gasteiger partial charge in [-0.3, -0.25) is 10.4 Å². The summed E-state index contributed by atoms with van der Waals surface area (Å²) < 4.78 is 0. The first-order chi connectivity index (χ1) is 7.16. The monoisotopic (exact) mass is 239 g/mol. The second-order valence-corrected chi connectivity index (χ2v) is 3.80. The van der Waals surface area contributed by atoms with Crippen LogP contribution in [0.25, 0.3) is 0 Å². The molecule has 1 aromatic rings. The molecule has 1 heterocycles. The number of benzene rings is 1. The highest BCUT2D eigenvalue weighted by Crippen LogP contribution is 2.27. The average molecular weight is 240 g/mol. The zero-order valence-electron chi connectivity index (χ0n) is 7.61. The van der Waals surface area contributed by atoms with E-state index >= 15 is 0 Å². The maximum atomic E-state index is 9.11. The molecule has 0 spiro atoms. The van der Waals surface area contributed by atoms with Crippen LogP contribution in [0.15, 0.2) is 42.4 Å². The molecule has 2 radical (unpaired) electrons. The fourth-order valence-electron chi connectivity index (χ4n) is 1.17. The van der Waals surface area contributed by atoms with E-state index in [9.17, 15) is 0 Å². The Hall–Kier alpha value is -1.32. The molecule has 76 valence electrons. The minimum absolute atomic E-state index is 0.173. The number of hydrogen-bond acceptors (Lipinski definition) is 2. The number of hydrazine groups is 1. The van der Waals surface area contributed by atoms with Crippen molar-refractivity contribution in [3.05, 3.63) is 52.4 Å². The van der Waals surface area contributed by atoms with Gasteiger partial charge in [0.15, 0.2) is 0 Å². The van der Waals surface area contributed by atoms with Gasteiger partial charge in [0.05, 0.1) is 15.7 Å². The van der Waals surface area contributed by atoms with E-state index in [-0.39, 0.29) is 5.70 Å². The smallest absolute Gasteiger partial charge is 0.105 e. The van der Waals surface area contributed by atoms with E-state index in [1.54, 1.807) is 29.4 Å². The largest absolute Gasteiger partial charge is 0.299 e. The van der Waals surface area contributed by atoms with Crippen LogP contribution in [0, 0.1) is 0 Å². The fraction of sp³-hybridized carbons (Fsp3) is 0. The minimum atomic E-state index is 0.173. The normalized spacial score (nSPS) is 14.8. The van der Waals surface area contributed by atoms with E-state index in [0.29, 0.717) is 10.0 Å². The summed E-state index contributed by atoms with van der Waals surface area (Å²) in [6.45, 7) is 0. The zero-order chi connectivity index (χ0) is 10.8. The highest BCUT2D eigenvalue weighted by atomic mass is 35.5. The lowest BCUT2D eigenvalue weighted by Gasteiger charge is -2.23. The highest BCUT2D eigenvalue weighted by molar-refractivity contribution is 6.42. The minimum Gasteiger partial charge on any atom is -0.299 e. The van der Waals surface area contributed by atoms with Crippen LogP contribution in [0.1, 0.15) is 0 Å². The first-order valence-electron chi connectivity index (χ1n) is 4.24. The van der Waals surface area contributed by atoms with Crippen molar-refractivity contribution in [1.82, 2.24) is 11.2 Å². The molecule has 0 aromatic heterocycles. The van der Waals surface area contributed by atoms with Crippen molar-refractivity contribution in [2.75, 3.05) is 5.01 Å². The Balaban J connectivity index is 2.25. The van der Waals surface area contributed by atoms with Gasteiger partial charge >= 0.3 is 0 Å². The summed E-state index contributed by atoms with van der Waals surface area (Å²) in [5, 5.41) is 2.71. The van der Waals surface area contributed by atoms with Gasteiger partial charge in [0.2, 0.25) is 0 Å². The maximum Gasteiger partial charge on any atom is 0.105 e. The predicted molar refractivity (Wildman–Crippen MR) is 61.4 cm³/mol. The number of nitrogens with one attached hydrogen (secondary N) is 1. The molecule has 0 bridgehead atoms. The van der Waals surface area contributed by atoms with E-state index in [2.05, 4.69) is 5.43 Å². The number of rotatable bonds is 1. The zero-order valence-corrected chi connectivity index (χ0v) is 9.13. The molecule has 1 aromatic carbocycles. The van der Waals surface area contributed by atoms with E-state index in [1.165, 1.54) is 6.20 Å². The maximum absolute atomic E-state index is 9.11. The lowest BCUT2D eigenvalue weighted by Crippen LogP contribution is -2.31. The molecule has 3 nitrogen and oxygen atoms in total. The molecule has 0 amide bonds. The third-order valence-electron chi connectivity index (χ3n) is 1.93. The van der Waals surface area contributed by atoms with Gasteiger partial charge in [-0.2, -0.15) is 0 Å². The molecule has 0 saturated carbocycles. The van der Waals surface area contributed by atoms with Crippen LogP contribution in [0.2, 0.25) is 10.0 Å². The van der Waals surface area contributed by atoms with Crippen LogP contribution < -0.4 is 16.2 Å². The molecule has 5 heteroatoms. The van der Waals surface area contributed by atoms with Crippen LogP contribution >= 0.6 is 23.2 Å². The van der Waals surface area contributed by atoms with Crippen LogP contribution in [-0.4, -0.2) is 0 Å². The number of anilines is 1. The molecule has 0 aliphatic carbocycles. The molecule has 1 N–H and O–H groups in total. The van der Waals surface area contributed by atoms with Crippen molar-refractivity contribution < 1.29 is 0 Å².